The normalized spacial score (nSPS) is 10.8. The van der Waals surface area contributed by atoms with E-state index in [1.807, 2.05) is 6.07 Å². The molecule has 1 aromatic rings. The summed E-state index contributed by atoms with van der Waals surface area (Å²) in [5.41, 5.74) is 0.172. The molecule has 0 aliphatic heterocycles. The predicted octanol–water partition coefficient (Wildman–Crippen LogP) is 1.72. The van der Waals surface area contributed by atoms with Crippen LogP contribution in [0.15, 0.2) is 27.6 Å². The van der Waals surface area contributed by atoms with Gasteiger partial charge in [0.1, 0.15) is 6.07 Å². The number of nitrogens with zero attached hydrogens (tertiary/aromatic N) is 1. The van der Waals surface area contributed by atoms with Crippen molar-refractivity contribution in [1.29, 1.82) is 5.26 Å². The Morgan fingerprint density at radius 3 is 2.54 bits per heavy atom. The van der Waals surface area contributed by atoms with Crippen LogP contribution in [0.25, 0.3) is 0 Å². The average Bonchev–Trinajstić information content (AvgIpc) is 2.03. The highest BCUT2D eigenvalue weighted by Crippen LogP contribution is 2.20. The van der Waals surface area contributed by atoms with E-state index in [-0.39, 0.29) is 10.5 Å². The predicted molar refractivity (Wildman–Crippen MR) is 52.0 cm³/mol. The van der Waals surface area contributed by atoms with E-state index in [4.69, 9.17) is 5.26 Å². The minimum Gasteiger partial charge on any atom is -0.224 e. The van der Waals surface area contributed by atoms with Crippen LogP contribution >= 0.6 is 15.9 Å². The van der Waals surface area contributed by atoms with Gasteiger partial charge in [-0.3, -0.25) is 0 Å². The van der Waals surface area contributed by atoms with E-state index in [1.165, 1.54) is 12.1 Å². The summed E-state index contributed by atoms with van der Waals surface area (Å²) in [5.74, 6) is 0. The van der Waals surface area contributed by atoms with Crippen molar-refractivity contribution < 1.29 is 8.42 Å². The number of nitriles is 1. The first-order valence-electron chi connectivity index (χ1n) is 3.35. The standard InChI is InChI=1S/C8H6BrNO2S/c1-13(11,12)8-4-7(9)3-2-6(8)5-10/h2-4H,1H3. The smallest absolute Gasteiger partial charge is 0.176 e. The summed E-state index contributed by atoms with van der Waals surface area (Å²) >= 11 is 3.14. The highest BCUT2D eigenvalue weighted by atomic mass is 79.9. The molecule has 1 rings (SSSR count). The first kappa shape index (κ1) is 10.2. The van der Waals surface area contributed by atoms with E-state index in [0.717, 1.165) is 6.26 Å². The second-order valence-electron chi connectivity index (χ2n) is 2.52. The van der Waals surface area contributed by atoms with Gasteiger partial charge in [-0.05, 0) is 18.2 Å². The molecular weight excluding hydrogens is 254 g/mol. The quantitative estimate of drug-likeness (QED) is 0.772. The summed E-state index contributed by atoms with van der Waals surface area (Å²) in [7, 11) is -3.32. The van der Waals surface area contributed by atoms with Crippen molar-refractivity contribution >= 4 is 25.8 Å². The Bertz CT molecular complexity index is 473. The van der Waals surface area contributed by atoms with Crippen LogP contribution in [-0.4, -0.2) is 14.7 Å². The molecule has 0 amide bonds. The lowest BCUT2D eigenvalue weighted by Gasteiger charge is -2.00. The lowest BCUT2D eigenvalue weighted by molar-refractivity contribution is 0.601. The third kappa shape index (κ3) is 2.29. The number of hydrogen-bond donors (Lipinski definition) is 0. The third-order valence-electron chi connectivity index (χ3n) is 1.46. The van der Waals surface area contributed by atoms with Crippen LogP contribution in [0.2, 0.25) is 0 Å². The van der Waals surface area contributed by atoms with Crippen LogP contribution < -0.4 is 0 Å². The van der Waals surface area contributed by atoms with Crippen molar-refractivity contribution in [3.63, 3.8) is 0 Å². The molecule has 0 spiro atoms. The van der Waals surface area contributed by atoms with Crippen LogP contribution in [0.3, 0.4) is 0 Å². The molecule has 68 valence electrons. The third-order valence-corrected chi connectivity index (χ3v) is 3.09. The average molecular weight is 260 g/mol. The molecule has 0 unspecified atom stereocenters. The second kappa shape index (κ2) is 3.48. The number of hydrogen-bond acceptors (Lipinski definition) is 3. The molecule has 0 radical (unpaired) electrons. The molecule has 0 fully saturated rings. The fourth-order valence-corrected chi connectivity index (χ4v) is 2.26. The van der Waals surface area contributed by atoms with E-state index in [2.05, 4.69) is 15.9 Å². The van der Waals surface area contributed by atoms with E-state index in [1.54, 1.807) is 6.07 Å². The second-order valence-corrected chi connectivity index (χ2v) is 5.42. The summed E-state index contributed by atoms with van der Waals surface area (Å²) < 4.78 is 23.0. The Morgan fingerprint density at radius 1 is 1.46 bits per heavy atom. The fourth-order valence-electron chi connectivity index (χ4n) is 0.895. The highest BCUT2D eigenvalue weighted by Gasteiger charge is 2.12. The summed E-state index contributed by atoms with van der Waals surface area (Å²) in [6.07, 6.45) is 1.08. The molecule has 13 heavy (non-hydrogen) atoms. The van der Waals surface area contributed by atoms with Crippen LogP contribution in [0, 0.1) is 11.3 Å². The zero-order valence-corrected chi connectivity index (χ0v) is 9.18. The lowest BCUT2D eigenvalue weighted by Crippen LogP contribution is -2.00. The highest BCUT2D eigenvalue weighted by molar-refractivity contribution is 9.10. The van der Waals surface area contributed by atoms with Gasteiger partial charge >= 0.3 is 0 Å². The molecule has 0 bridgehead atoms. The molecule has 0 N–H and O–H groups in total. The molecular formula is C8H6BrNO2S. The molecule has 0 saturated heterocycles. The number of sulfone groups is 1. The Hall–Kier alpha value is -0.860. The first-order valence-corrected chi connectivity index (χ1v) is 6.03. The van der Waals surface area contributed by atoms with Crippen LogP contribution in [-0.2, 0) is 9.84 Å². The van der Waals surface area contributed by atoms with Crippen molar-refractivity contribution in [3.8, 4) is 6.07 Å². The van der Waals surface area contributed by atoms with Gasteiger partial charge in [0.05, 0.1) is 10.5 Å². The molecule has 0 atom stereocenters. The van der Waals surface area contributed by atoms with Crippen LogP contribution in [0.1, 0.15) is 5.56 Å². The first-order chi connectivity index (χ1) is 5.95. The van der Waals surface area contributed by atoms with Gasteiger partial charge in [-0.25, -0.2) is 8.42 Å². The Morgan fingerprint density at radius 2 is 2.08 bits per heavy atom. The van der Waals surface area contributed by atoms with Gasteiger partial charge in [0.2, 0.25) is 0 Å². The SMILES string of the molecule is CS(=O)(=O)c1cc(Br)ccc1C#N. The largest absolute Gasteiger partial charge is 0.224 e. The fraction of sp³-hybridized carbons (Fsp3) is 0.125. The van der Waals surface area contributed by atoms with E-state index >= 15 is 0 Å². The maximum Gasteiger partial charge on any atom is 0.176 e. The monoisotopic (exact) mass is 259 g/mol. The van der Waals surface area contributed by atoms with Crippen molar-refractivity contribution in [3.05, 3.63) is 28.2 Å². The summed E-state index contributed by atoms with van der Waals surface area (Å²) in [6.45, 7) is 0. The maximum absolute atomic E-state index is 11.2. The zero-order chi connectivity index (χ0) is 10.1. The lowest BCUT2D eigenvalue weighted by atomic mass is 10.2. The molecule has 0 aliphatic rings. The van der Waals surface area contributed by atoms with Gasteiger partial charge in [0.15, 0.2) is 9.84 Å². The van der Waals surface area contributed by atoms with Crippen molar-refractivity contribution in [2.24, 2.45) is 0 Å². The Balaban J connectivity index is 3.53. The Labute approximate surface area is 85.0 Å². The molecule has 5 heteroatoms. The molecule has 0 aromatic heterocycles. The number of rotatable bonds is 1. The molecule has 0 aliphatic carbocycles. The minimum absolute atomic E-state index is 0.0596. The van der Waals surface area contributed by atoms with Gasteiger partial charge in [-0.1, -0.05) is 15.9 Å². The summed E-state index contributed by atoms with van der Waals surface area (Å²) in [6, 6.07) is 6.36. The summed E-state index contributed by atoms with van der Waals surface area (Å²) in [4.78, 5) is 0.0596. The Kier molecular flexibility index (Phi) is 2.74. The van der Waals surface area contributed by atoms with Gasteiger partial charge in [-0.15, -0.1) is 0 Å². The molecule has 0 saturated carbocycles. The van der Waals surface area contributed by atoms with Gasteiger partial charge < -0.3 is 0 Å². The van der Waals surface area contributed by atoms with Crippen molar-refractivity contribution in [1.82, 2.24) is 0 Å². The topological polar surface area (TPSA) is 57.9 Å². The van der Waals surface area contributed by atoms with E-state index < -0.39 is 9.84 Å². The van der Waals surface area contributed by atoms with Gasteiger partial charge in [0.25, 0.3) is 0 Å². The molecule has 1 aromatic carbocycles. The van der Waals surface area contributed by atoms with Crippen molar-refractivity contribution in [2.45, 2.75) is 4.90 Å². The zero-order valence-electron chi connectivity index (χ0n) is 6.78. The van der Waals surface area contributed by atoms with E-state index in [9.17, 15) is 8.42 Å². The summed E-state index contributed by atoms with van der Waals surface area (Å²) in [5, 5.41) is 8.64. The van der Waals surface area contributed by atoms with E-state index in [0.29, 0.717) is 4.47 Å². The van der Waals surface area contributed by atoms with Gasteiger partial charge in [-0.2, -0.15) is 5.26 Å². The maximum atomic E-state index is 11.2. The molecule has 0 heterocycles. The number of halogens is 1. The minimum atomic E-state index is -3.32. The van der Waals surface area contributed by atoms with Crippen LogP contribution in [0.5, 0.6) is 0 Å². The van der Waals surface area contributed by atoms with Crippen molar-refractivity contribution in [2.75, 3.05) is 6.26 Å². The van der Waals surface area contributed by atoms with Gasteiger partial charge in [0, 0.05) is 10.7 Å². The van der Waals surface area contributed by atoms with Crippen LogP contribution in [0.4, 0.5) is 0 Å². The molecule has 3 nitrogen and oxygen atoms in total. The number of benzene rings is 1.